The van der Waals surface area contributed by atoms with Gasteiger partial charge in [0.2, 0.25) is 5.91 Å². The van der Waals surface area contributed by atoms with Crippen molar-refractivity contribution in [3.63, 3.8) is 0 Å². The maximum absolute atomic E-state index is 13.5. The average molecular weight is 535 g/mol. The Hall–Kier alpha value is -3.74. The molecule has 0 spiro atoms. The first-order valence-corrected chi connectivity index (χ1v) is 11.8. The lowest BCUT2D eigenvalue weighted by Gasteiger charge is -2.31. The molecule has 2 heterocycles. The number of amides is 1. The number of carbonyl (C=O) groups excluding carboxylic acids is 1. The number of alkyl halides is 3. The number of aliphatic hydroxyl groups excluding tert-OH is 1. The fraction of sp³-hybridized carbons (Fsp3) is 0.308. The Balaban J connectivity index is 1.50. The Morgan fingerprint density at radius 3 is 2.55 bits per heavy atom. The van der Waals surface area contributed by atoms with Gasteiger partial charge in [-0.1, -0.05) is 18.2 Å². The van der Waals surface area contributed by atoms with Crippen molar-refractivity contribution in [2.75, 3.05) is 36.9 Å². The monoisotopic (exact) mass is 534 g/mol. The molecule has 2 unspecified atom stereocenters. The third kappa shape index (κ3) is 7.18. The smallest absolute Gasteiger partial charge is 0.404 e. The number of aliphatic hydroxyl groups is 1. The summed E-state index contributed by atoms with van der Waals surface area (Å²) in [7, 11) is 0. The number of hydrogen-bond donors (Lipinski definition) is 3. The molecule has 0 bridgehead atoms. The topological polar surface area (TPSA) is 96.0 Å². The predicted octanol–water partition coefficient (Wildman–Crippen LogP) is 4.55. The van der Waals surface area contributed by atoms with Crippen LogP contribution in [0.25, 0.3) is 11.3 Å². The van der Waals surface area contributed by atoms with Crippen LogP contribution in [0.2, 0.25) is 0 Å². The van der Waals surface area contributed by atoms with Crippen LogP contribution in [-0.4, -0.2) is 59.6 Å². The molecule has 12 heteroatoms. The number of ether oxygens (including phenoxy) is 2. The SMILES string of the molecule is CC(C(=O)Nc1cc(NC(O)c2ccc(-c3cccc(F)c3)nc2)ccc1OC(F)(F)F)N1CCOCC1. The standard InChI is InChI=1S/C26H26F4N4O4/c1-16(34-9-11-37-12-10-34)24(35)33-22-14-20(6-8-23(22)38-26(28,29)30)32-25(36)18-5-7-21(31-15-18)17-3-2-4-19(27)13-17/h2-8,13-16,25,32,36H,9-12H2,1H3,(H,33,35). The van der Waals surface area contributed by atoms with Crippen LogP contribution in [0.3, 0.4) is 0 Å². The van der Waals surface area contributed by atoms with Crippen molar-refractivity contribution >= 4 is 17.3 Å². The van der Waals surface area contributed by atoms with Crippen molar-refractivity contribution in [1.29, 1.82) is 0 Å². The summed E-state index contributed by atoms with van der Waals surface area (Å²) in [6.45, 7) is 3.59. The largest absolute Gasteiger partial charge is 0.573 e. The van der Waals surface area contributed by atoms with Crippen LogP contribution in [0.1, 0.15) is 18.7 Å². The van der Waals surface area contributed by atoms with E-state index in [4.69, 9.17) is 4.74 Å². The minimum Gasteiger partial charge on any atom is -0.404 e. The Kier molecular flexibility index (Phi) is 8.45. The Morgan fingerprint density at radius 1 is 1.13 bits per heavy atom. The van der Waals surface area contributed by atoms with Crippen LogP contribution in [0.15, 0.2) is 60.8 Å². The van der Waals surface area contributed by atoms with E-state index in [1.165, 1.54) is 30.5 Å². The van der Waals surface area contributed by atoms with Crippen molar-refractivity contribution < 1.29 is 36.9 Å². The summed E-state index contributed by atoms with van der Waals surface area (Å²) in [5, 5.41) is 15.9. The van der Waals surface area contributed by atoms with Gasteiger partial charge in [0.1, 0.15) is 5.82 Å². The number of halogens is 4. The number of morpholine rings is 1. The maximum Gasteiger partial charge on any atom is 0.573 e. The molecule has 1 saturated heterocycles. The van der Waals surface area contributed by atoms with E-state index in [9.17, 15) is 27.5 Å². The summed E-state index contributed by atoms with van der Waals surface area (Å²) < 4.78 is 61.8. The zero-order chi connectivity index (χ0) is 27.3. The first-order chi connectivity index (χ1) is 18.1. The van der Waals surface area contributed by atoms with Gasteiger partial charge in [0.25, 0.3) is 0 Å². The molecule has 1 aromatic heterocycles. The fourth-order valence-electron chi connectivity index (χ4n) is 3.93. The van der Waals surface area contributed by atoms with E-state index in [0.717, 1.165) is 6.07 Å². The van der Waals surface area contributed by atoms with E-state index in [1.807, 2.05) is 4.90 Å². The van der Waals surface area contributed by atoms with Crippen LogP contribution in [-0.2, 0) is 9.53 Å². The number of hydrogen-bond acceptors (Lipinski definition) is 7. The van der Waals surface area contributed by atoms with Gasteiger partial charge in [-0.3, -0.25) is 14.7 Å². The first-order valence-electron chi connectivity index (χ1n) is 11.8. The lowest BCUT2D eigenvalue weighted by molar-refractivity contribution is -0.274. The van der Waals surface area contributed by atoms with E-state index in [-0.39, 0.29) is 11.4 Å². The van der Waals surface area contributed by atoms with Gasteiger partial charge in [-0.2, -0.15) is 0 Å². The van der Waals surface area contributed by atoms with Crippen molar-refractivity contribution in [3.05, 3.63) is 72.2 Å². The number of nitrogens with zero attached hydrogens (tertiary/aromatic N) is 2. The van der Waals surface area contributed by atoms with Crippen LogP contribution in [0.5, 0.6) is 5.75 Å². The summed E-state index contributed by atoms with van der Waals surface area (Å²) >= 11 is 0. The Bertz CT molecular complexity index is 1250. The van der Waals surface area contributed by atoms with Crippen molar-refractivity contribution in [2.24, 2.45) is 0 Å². The Morgan fingerprint density at radius 2 is 1.89 bits per heavy atom. The number of benzene rings is 2. The molecule has 3 N–H and O–H groups in total. The van der Waals surface area contributed by atoms with Gasteiger partial charge >= 0.3 is 6.36 Å². The van der Waals surface area contributed by atoms with Crippen LogP contribution in [0.4, 0.5) is 28.9 Å². The second-order valence-electron chi connectivity index (χ2n) is 8.61. The molecule has 2 atom stereocenters. The highest BCUT2D eigenvalue weighted by Gasteiger charge is 2.33. The van der Waals surface area contributed by atoms with Crippen molar-refractivity contribution in [2.45, 2.75) is 25.6 Å². The molecule has 202 valence electrons. The summed E-state index contributed by atoms with van der Waals surface area (Å²) in [6, 6.07) is 12.0. The molecule has 1 aliphatic heterocycles. The van der Waals surface area contributed by atoms with Crippen molar-refractivity contribution in [1.82, 2.24) is 9.88 Å². The predicted molar refractivity (Wildman–Crippen MR) is 132 cm³/mol. The number of rotatable bonds is 8. The molecule has 0 saturated carbocycles. The van der Waals surface area contributed by atoms with E-state index < -0.39 is 36.1 Å². The highest BCUT2D eigenvalue weighted by Crippen LogP contribution is 2.34. The first kappa shape index (κ1) is 27.3. The Labute approximate surface area is 216 Å². The molecule has 38 heavy (non-hydrogen) atoms. The molecule has 8 nitrogen and oxygen atoms in total. The minimum absolute atomic E-state index is 0.218. The molecule has 0 radical (unpaired) electrons. The van der Waals surface area contributed by atoms with Crippen LogP contribution < -0.4 is 15.4 Å². The number of carbonyl (C=O) groups is 1. The third-order valence-corrected chi connectivity index (χ3v) is 5.96. The molecule has 0 aliphatic carbocycles. The summed E-state index contributed by atoms with van der Waals surface area (Å²) in [6.07, 6.45) is -4.86. The number of pyridine rings is 1. The molecule has 1 fully saturated rings. The number of anilines is 2. The van der Waals surface area contributed by atoms with E-state index in [2.05, 4.69) is 20.4 Å². The summed E-state index contributed by atoms with van der Waals surface area (Å²) in [4.78, 5) is 18.9. The van der Waals surface area contributed by atoms with Gasteiger partial charge in [-0.15, -0.1) is 13.2 Å². The van der Waals surface area contributed by atoms with Gasteiger partial charge in [0, 0.05) is 36.1 Å². The lowest BCUT2D eigenvalue weighted by Crippen LogP contribution is -2.47. The molecule has 4 rings (SSSR count). The zero-order valence-electron chi connectivity index (χ0n) is 20.3. The molecule has 1 aliphatic rings. The molecular weight excluding hydrogens is 508 g/mol. The van der Waals surface area contributed by atoms with Gasteiger partial charge < -0.3 is 25.2 Å². The average Bonchev–Trinajstić information content (AvgIpc) is 2.89. The molecule has 3 aromatic rings. The van der Waals surface area contributed by atoms with E-state index in [0.29, 0.717) is 43.1 Å². The fourth-order valence-corrected chi connectivity index (χ4v) is 3.93. The second kappa shape index (κ2) is 11.8. The maximum atomic E-state index is 13.5. The highest BCUT2D eigenvalue weighted by atomic mass is 19.4. The second-order valence-corrected chi connectivity index (χ2v) is 8.61. The van der Waals surface area contributed by atoms with Crippen molar-refractivity contribution in [3.8, 4) is 17.0 Å². The molecule has 1 amide bonds. The number of nitrogens with one attached hydrogen (secondary N) is 2. The third-order valence-electron chi connectivity index (χ3n) is 5.96. The minimum atomic E-state index is -4.97. The number of aromatic nitrogens is 1. The molecular formula is C26H26F4N4O4. The summed E-state index contributed by atoms with van der Waals surface area (Å²) in [5.74, 6) is -1.52. The van der Waals surface area contributed by atoms with Crippen LogP contribution >= 0.6 is 0 Å². The summed E-state index contributed by atoms with van der Waals surface area (Å²) in [5.41, 5.74) is 1.41. The van der Waals surface area contributed by atoms with Gasteiger partial charge in [0.05, 0.1) is 30.6 Å². The van der Waals surface area contributed by atoms with Gasteiger partial charge in [0.15, 0.2) is 12.0 Å². The normalized spacial score (nSPS) is 15.9. The van der Waals surface area contributed by atoms with Crippen LogP contribution in [0, 0.1) is 5.82 Å². The molecule has 2 aromatic carbocycles. The van der Waals surface area contributed by atoms with E-state index in [1.54, 1.807) is 31.2 Å². The van der Waals surface area contributed by atoms with Gasteiger partial charge in [-0.05, 0) is 43.3 Å². The highest BCUT2D eigenvalue weighted by molar-refractivity contribution is 5.96. The van der Waals surface area contributed by atoms with Gasteiger partial charge in [-0.25, -0.2) is 4.39 Å². The lowest BCUT2D eigenvalue weighted by atomic mass is 10.1. The quantitative estimate of drug-likeness (QED) is 0.288. The zero-order valence-corrected chi connectivity index (χ0v) is 20.3. The van der Waals surface area contributed by atoms with E-state index >= 15 is 0 Å².